The highest BCUT2D eigenvalue weighted by Gasteiger charge is 2.41. The smallest absolute Gasteiger partial charge is 0.0555 e. The molecule has 1 aliphatic rings. The van der Waals surface area contributed by atoms with Gasteiger partial charge in [-0.3, -0.25) is 0 Å². The minimum Gasteiger partial charge on any atom is -0.309 e. The summed E-state index contributed by atoms with van der Waals surface area (Å²) in [5, 5.41) is 2.58. The molecule has 0 N–H and O–H groups in total. The third-order valence-corrected chi connectivity index (χ3v) is 12.9. The third kappa shape index (κ3) is 5.81. The maximum absolute atomic E-state index is 2.52. The second-order valence-corrected chi connectivity index (χ2v) is 18.9. The molecule has 0 atom stereocenters. The fourth-order valence-electron chi connectivity index (χ4n) is 8.84. The molecule has 0 amide bonds. The normalized spacial score (nSPS) is 13.6. The lowest BCUT2D eigenvalue weighted by atomic mass is 9.74. The van der Waals surface area contributed by atoms with Crippen LogP contribution in [0.15, 0.2) is 152 Å². The van der Waals surface area contributed by atoms with Crippen molar-refractivity contribution in [1.82, 2.24) is 0 Å². The molecule has 1 heterocycles. The number of hydrogen-bond acceptors (Lipinski definition) is 2. The van der Waals surface area contributed by atoms with E-state index >= 15 is 0 Å². The molecule has 2 heteroatoms. The molecule has 0 saturated carbocycles. The summed E-state index contributed by atoms with van der Waals surface area (Å²) in [7, 11) is 0. The van der Waals surface area contributed by atoms with Crippen molar-refractivity contribution < 1.29 is 0 Å². The number of hydrogen-bond donors (Lipinski definition) is 0. The SMILES string of the molecule is CC(C)(C)c1cc(C(C)(C)C)c2c(c1)C(C)(C)c1cccc(-c3ccccc3N(c3cccc(-c4ccccc4)c3)c3cccc4sc5ccccc5c34)c1-2. The van der Waals surface area contributed by atoms with Gasteiger partial charge in [-0.05, 0) is 97.3 Å². The van der Waals surface area contributed by atoms with Gasteiger partial charge in [-0.1, -0.05) is 171 Å². The molecule has 8 aromatic rings. The molecule has 272 valence electrons. The van der Waals surface area contributed by atoms with E-state index in [2.05, 4.69) is 212 Å². The Bertz CT molecular complexity index is 2750. The molecule has 0 unspecified atom stereocenters. The van der Waals surface area contributed by atoms with Crippen molar-refractivity contribution >= 4 is 48.6 Å². The van der Waals surface area contributed by atoms with E-state index in [-0.39, 0.29) is 16.2 Å². The number of thiophene rings is 1. The first-order valence-corrected chi connectivity index (χ1v) is 20.4. The first kappa shape index (κ1) is 35.3. The zero-order chi connectivity index (χ0) is 38.3. The van der Waals surface area contributed by atoms with Crippen LogP contribution >= 0.6 is 11.3 Å². The van der Waals surface area contributed by atoms with Gasteiger partial charge >= 0.3 is 0 Å². The Balaban J connectivity index is 1.35. The summed E-state index contributed by atoms with van der Waals surface area (Å²) < 4.78 is 2.60. The molecule has 1 aliphatic carbocycles. The average molecular weight is 732 g/mol. The fourth-order valence-corrected chi connectivity index (χ4v) is 9.97. The summed E-state index contributed by atoms with van der Waals surface area (Å²) >= 11 is 1.87. The largest absolute Gasteiger partial charge is 0.309 e. The molecule has 0 spiro atoms. The van der Waals surface area contributed by atoms with Crippen molar-refractivity contribution in [2.75, 3.05) is 4.90 Å². The number of nitrogens with zero attached hydrogens (tertiary/aromatic N) is 1. The first-order chi connectivity index (χ1) is 26.3. The lowest BCUT2D eigenvalue weighted by molar-refractivity contribution is 0.564. The standard InChI is InChI=1S/C53H49NS/c1-51(2,3)36-32-42(52(4,5)6)50-43(33-36)53(7,8)41-26-17-25-39(48(41)50)38-23-12-14-27-44(38)54(37-22-16-21-35(31-37)34-19-10-9-11-20-34)45-28-18-30-47-49(45)40-24-13-15-29-46(40)55-47/h9-33H,1-8H3. The summed E-state index contributed by atoms with van der Waals surface area (Å²) in [6.07, 6.45) is 0. The summed E-state index contributed by atoms with van der Waals surface area (Å²) in [5.74, 6) is 0. The number of para-hydroxylation sites is 1. The topological polar surface area (TPSA) is 3.24 Å². The maximum Gasteiger partial charge on any atom is 0.0555 e. The molecule has 1 nitrogen and oxygen atoms in total. The summed E-state index contributed by atoms with van der Waals surface area (Å²) in [5.41, 5.74) is 16.7. The highest BCUT2D eigenvalue weighted by atomic mass is 32.1. The van der Waals surface area contributed by atoms with Gasteiger partial charge in [-0.15, -0.1) is 11.3 Å². The van der Waals surface area contributed by atoms with Gasteiger partial charge in [0.05, 0.1) is 11.4 Å². The molecule has 55 heavy (non-hydrogen) atoms. The molecular formula is C53H49NS. The number of benzene rings is 7. The predicted molar refractivity (Wildman–Crippen MR) is 240 cm³/mol. The Kier molecular flexibility index (Phi) is 8.22. The molecule has 0 bridgehead atoms. The molecule has 9 rings (SSSR count). The highest BCUT2D eigenvalue weighted by molar-refractivity contribution is 7.26. The van der Waals surface area contributed by atoms with Gasteiger partial charge in [0.2, 0.25) is 0 Å². The Hall–Kier alpha value is -5.44. The summed E-state index contributed by atoms with van der Waals surface area (Å²) in [6, 6.07) is 56.6. The third-order valence-electron chi connectivity index (χ3n) is 11.7. The zero-order valence-electron chi connectivity index (χ0n) is 33.3. The van der Waals surface area contributed by atoms with Gasteiger partial charge < -0.3 is 4.90 Å². The van der Waals surface area contributed by atoms with Crippen LogP contribution in [-0.4, -0.2) is 0 Å². The zero-order valence-corrected chi connectivity index (χ0v) is 34.1. The molecule has 0 aliphatic heterocycles. The van der Waals surface area contributed by atoms with Gasteiger partial charge in [-0.25, -0.2) is 0 Å². The minimum absolute atomic E-state index is 0.0386. The van der Waals surface area contributed by atoms with Crippen LogP contribution in [0.4, 0.5) is 17.1 Å². The van der Waals surface area contributed by atoms with Crippen molar-refractivity contribution in [3.05, 3.63) is 174 Å². The van der Waals surface area contributed by atoms with Crippen LogP contribution in [0.2, 0.25) is 0 Å². The Morgan fingerprint density at radius 3 is 1.91 bits per heavy atom. The Morgan fingerprint density at radius 1 is 0.491 bits per heavy atom. The van der Waals surface area contributed by atoms with Crippen molar-refractivity contribution in [3.8, 4) is 33.4 Å². The van der Waals surface area contributed by atoms with E-state index in [4.69, 9.17) is 0 Å². The summed E-state index contributed by atoms with van der Waals surface area (Å²) in [4.78, 5) is 2.52. The van der Waals surface area contributed by atoms with Gasteiger partial charge in [-0.2, -0.15) is 0 Å². The monoisotopic (exact) mass is 731 g/mol. The highest BCUT2D eigenvalue weighted by Crippen LogP contribution is 2.57. The maximum atomic E-state index is 2.52. The molecule has 7 aromatic carbocycles. The van der Waals surface area contributed by atoms with E-state index in [9.17, 15) is 0 Å². The van der Waals surface area contributed by atoms with Crippen LogP contribution in [0.5, 0.6) is 0 Å². The van der Waals surface area contributed by atoms with E-state index in [0.717, 1.165) is 5.69 Å². The number of fused-ring (bicyclic) bond motifs is 6. The quantitative estimate of drug-likeness (QED) is 0.170. The van der Waals surface area contributed by atoms with E-state index < -0.39 is 0 Å². The van der Waals surface area contributed by atoms with Crippen LogP contribution in [0, 0.1) is 0 Å². The van der Waals surface area contributed by atoms with Crippen LogP contribution in [0.3, 0.4) is 0 Å². The van der Waals surface area contributed by atoms with Crippen molar-refractivity contribution in [2.45, 2.75) is 71.6 Å². The van der Waals surface area contributed by atoms with Gasteiger partial charge in [0.1, 0.15) is 0 Å². The molecular weight excluding hydrogens is 683 g/mol. The number of rotatable bonds is 5. The van der Waals surface area contributed by atoms with Crippen LogP contribution in [0.1, 0.15) is 77.6 Å². The van der Waals surface area contributed by atoms with Gasteiger partial charge in [0.15, 0.2) is 0 Å². The van der Waals surface area contributed by atoms with Gasteiger partial charge in [0.25, 0.3) is 0 Å². The Morgan fingerprint density at radius 2 is 1.13 bits per heavy atom. The van der Waals surface area contributed by atoms with Crippen molar-refractivity contribution in [2.24, 2.45) is 0 Å². The van der Waals surface area contributed by atoms with Crippen LogP contribution in [-0.2, 0) is 16.2 Å². The number of anilines is 3. The van der Waals surface area contributed by atoms with E-state index in [1.807, 2.05) is 11.3 Å². The van der Waals surface area contributed by atoms with Crippen LogP contribution in [0.25, 0.3) is 53.6 Å². The molecule has 0 saturated heterocycles. The Labute approximate surface area is 330 Å². The van der Waals surface area contributed by atoms with Crippen LogP contribution < -0.4 is 4.90 Å². The van der Waals surface area contributed by atoms with E-state index in [0.29, 0.717) is 0 Å². The van der Waals surface area contributed by atoms with E-state index in [1.54, 1.807) is 0 Å². The lowest BCUT2D eigenvalue weighted by Crippen LogP contribution is -2.21. The predicted octanol–water partition coefficient (Wildman–Crippen LogP) is 15.8. The lowest BCUT2D eigenvalue weighted by Gasteiger charge is -2.31. The molecule has 0 radical (unpaired) electrons. The van der Waals surface area contributed by atoms with Gasteiger partial charge in [0, 0.05) is 36.8 Å². The van der Waals surface area contributed by atoms with Crippen molar-refractivity contribution in [3.63, 3.8) is 0 Å². The fraction of sp³-hybridized carbons (Fsp3) is 0.208. The molecule has 0 fully saturated rings. The average Bonchev–Trinajstić information content (AvgIpc) is 3.67. The molecule has 1 aromatic heterocycles. The summed E-state index contributed by atoms with van der Waals surface area (Å²) in [6.45, 7) is 19.0. The first-order valence-electron chi connectivity index (χ1n) is 19.6. The minimum atomic E-state index is -0.151. The second-order valence-electron chi connectivity index (χ2n) is 17.8. The van der Waals surface area contributed by atoms with Crippen molar-refractivity contribution in [1.29, 1.82) is 0 Å². The second kappa shape index (κ2) is 12.8. The van der Waals surface area contributed by atoms with E-state index in [1.165, 1.54) is 87.2 Å².